The number of fused-ring (bicyclic) bond motifs is 1. The van der Waals surface area contributed by atoms with Gasteiger partial charge in [0, 0.05) is 7.11 Å². The summed E-state index contributed by atoms with van der Waals surface area (Å²) in [6, 6.07) is 0. The maximum Gasteiger partial charge on any atom is 0.214 e. The van der Waals surface area contributed by atoms with E-state index in [-0.39, 0.29) is 18.8 Å². The maximum absolute atomic E-state index is 10.9. The van der Waals surface area contributed by atoms with Gasteiger partial charge in [-0.3, -0.25) is 9.13 Å². The van der Waals surface area contributed by atoms with Crippen LogP contribution in [0.3, 0.4) is 0 Å². The van der Waals surface area contributed by atoms with Crippen molar-refractivity contribution in [2.75, 3.05) is 25.8 Å². The second kappa shape index (κ2) is 7.09. The molecule has 0 bridgehead atoms. The third-order valence-corrected chi connectivity index (χ3v) is 4.21. The van der Waals surface area contributed by atoms with Crippen LogP contribution in [0.2, 0.25) is 0 Å². The molecule has 0 radical (unpaired) electrons. The number of hydrogen-bond acceptors (Lipinski definition) is 9. The second-order valence-corrected chi connectivity index (χ2v) is 6.28. The van der Waals surface area contributed by atoms with E-state index in [0.717, 1.165) is 0 Å². The molecule has 5 atom stereocenters. The Morgan fingerprint density at radius 1 is 1.42 bits per heavy atom. The van der Waals surface area contributed by atoms with Crippen molar-refractivity contribution in [2.45, 2.75) is 24.5 Å². The van der Waals surface area contributed by atoms with Crippen molar-refractivity contribution >= 4 is 25.0 Å². The maximum atomic E-state index is 10.9. The fraction of sp³-hybridized carbons (Fsp3) is 0.583. The number of aliphatic hydroxyl groups excluding tert-OH is 1. The van der Waals surface area contributed by atoms with Crippen LogP contribution in [0, 0.1) is 0 Å². The first-order valence-corrected chi connectivity index (χ1v) is 8.68. The molecule has 1 saturated heterocycles. The smallest absolute Gasteiger partial charge is 0.214 e. The Balaban J connectivity index is 1.94. The first-order chi connectivity index (χ1) is 11.6. The highest BCUT2D eigenvalue weighted by atomic mass is 31.1. The van der Waals surface area contributed by atoms with E-state index >= 15 is 0 Å². The van der Waals surface area contributed by atoms with Crippen LogP contribution in [-0.2, 0) is 18.8 Å². The molecular formula is C12H18N5O6P. The number of hydrogen-bond donors (Lipinski definition) is 3. The lowest BCUT2D eigenvalue weighted by Crippen LogP contribution is -2.37. The van der Waals surface area contributed by atoms with Crippen molar-refractivity contribution in [1.82, 2.24) is 19.5 Å². The number of rotatable bonds is 6. The Labute approximate surface area is 137 Å². The van der Waals surface area contributed by atoms with Crippen molar-refractivity contribution in [3.63, 3.8) is 0 Å². The van der Waals surface area contributed by atoms with E-state index in [9.17, 15) is 9.67 Å². The summed E-state index contributed by atoms with van der Waals surface area (Å²) >= 11 is 0. The van der Waals surface area contributed by atoms with Gasteiger partial charge in [-0.05, 0) is 0 Å². The summed E-state index contributed by atoms with van der Waals surface area (Å²) in [4.78, 5) is 21.2. The molecule has 0 saturated carbocycles. The van der Waals surface area contributed by atoms with Gasteiger partial charge in [0.05, 0.1) is 12.9 Å². The molecule has 0 spiro atoms. The molecule has 4 N–H and O–H groups in total. The van der Waals surface area contributed by atoms with Gasteiger partial charge >= 0.3 is 0 Å². The van der Waals surface area contributed by atoms with Crippen molar-refractivity contribution < 1.29 is 28.8 Å². The lowest BCUT2D eigenvalue weighted by molar-refractivity contribution is -0.0583. The molecule has 0 amide bonds. The van der Waals surface area contributed by atoms with Crippen LogP contribution < -0.4 is 5.73 Å². The molecule has 1 fully saturated rings. The molecule has 132 valence electrons. The summed E-state index contributed by atoms with van der Waals surface area (Å²) < 4.78 is 29.2. The SMILES string of the molecule is COC1C(OC[PH](=O)O)C(CO)O[C@H]1n1cnc2c(N)ncnc21. The van der Waals surface area contributed by atoms with Gasteiger partial charge in [-0.15, -0.1) is 0 Å². The molecule has 1 aliphatic heterocycles. The van der Waals surface area contributed by atoms with Crippen LogP contribution in [0.15, 0.2) is 12.7 Å². The fourth-order valence-corrected chi connectivity index (χ4v) is 3.09. The largest absolute Gasteiger partial charge is 0.394 e. The lowest BCUT2D eigenvalue weighted by Gasteiger charge is -2.22. The van der Waals surface area contributed by atoms with Gasteiger partial charge in [0.25, 0.3) is 0 Å². The van der Waals surface area contributed by atoms with Gasteiger partial charge in [-0.25, -0.2) is 15.0 Å². The topological polar surface area (TPSA) is 155 Å². The number of methoxy groups -OCH3 is 1. The van der Waals surface area contributed by atoms with E-state index in [1.54, 1.807) is 4.57 Å². The van der Waals surface area contributed by atoms with Crippen LogP contribution >= 0.6 is 8.03 Å². The molecule has 2 aromatic rings. The number of nitrogens with zero attached hydrogens (tertiary/aromatic N) is 4. The Bertz CT molecular complexity index is 742. The van der Waals surface area contributed by atoms with E-state index in [0.29, 0.717) is 11.2 Å². The van der Waals surface area contributed by atoms with Gasteiger partial charge in [-0.1, -0.05) is 0 Å². The van der Waals surface area contributed by atoms with Crippen LogP contribution in [0.25, 0.3) is 11.2 Å². The quantitative estimate of drug-likeness (QED) is 0.554. The average molecular weight is 359 g/mol. The minimum absolute atomic E-state index is 0.232. The predicted molar refractivity (Wildman–Crippen MR) is 82.5 cm³/mol. The van der Waals surface area contributed by atoms with Crippen molar-refractivity contribution in [3.05, 3.63) is 12.7 Å². The number of nitrogen functional groups attached to an aromatic ring is 1. The summed E-state index contributed by atoms with van der Waals surface area (Å²) in [5.41, 5.74) is 6.64. The molecular weight excluding hydrogens is 341 g/mol. The highest BCUT2D eigenvalue weighted by Gasteiger charge is 2.47. The van der Waals surface area contributed by atoms with Gasteiger partial charge in [0.2, 0.25) is 8.03 Å². The van der Waals surface area contributed by atoms with Gasteiger partial charge < -0.3 is 29.9 Å². The molecule has 0 aliphatic carbocycles. The standard InChI is InChI=1S/C12H18N5O6P/c1-21-9-8(22-5-24(19)20)6(2-18)23-12(9)17-4-16-7-10(13)14-3-15-11(7)17/h3-4,6,8-9,12,18,24H,2,5H2,1H3,(H,19,20)(H2,13,14,15)/t6?,8?,9?,12-/m1/s1. The lowest BCUT2D eigenvalue weighted by atomic mass is 10.1. The van der Waals surface area contributed by atoms with E-state index in [2.05, 4.69) is 15.0 Å². The Morgan fingerprint density at radius 3 is 2.88 bits per heavy atom. The summed E-state index contributed by atoms with van der Waals surface area (Å²) in [7, 11) is -1.36. The third kappa shape index (κ3) is 3.02. The molecule has 2 aromatic heterocycles. The van der Waals surface area contributed by atoms with Gasteiger partial charge in [0.1, 0.15) is 36.5 Å². The molecule has 4 unspecified atom stereocenters. The van der Waals surface area contributed by atoms with Gasteiger partial charge in [0.15, 0.2) is 17.7 Å². The summed E-state index contributed by atoms with van der Waals surface area (Å²) in [5.74, 6) is 0.232. The van der Waals surface area contributed by atoms with Crippen molar-refractivity contribution in [2.24, 2.45) is 0 Å². The van der Waals surface area contributed by atoms with Crippen LogP contribution in [0.1, 0.15) is 6.23 Å². The van der Waals surface area contributed by atoms with Crippen molar-refractivity contribution in [1.29, 1.82) is 0 Å². The summed E-state index contributed by atoms with van der Waals surface area (Å²) in [6.45, 7) is -0.336. The zero-order valence-corrected chi connectivity index (χ0v) is 13.8. The van der Waals surface area contributed by atoms with E-state index in [1.165, 1.54) is 19.8 Å². The second-order valence-electron chi connectivity index (χ2n) is 5.20. The van der Waals surface area contributed by atoms with Gasteiger partial charge in [-0.2, -0.15) is 0 Å². The van der Waals surface area contributed by atoms with Crippen LogP contribution in [0.5, 0.6) is 0 Å². The molecule has 24 heavy (non-hydrogen) atoms. The number of aliphatic hydroxyl groups is 1. The first kappa shape index (κ1) is 17.2. The van der Waals surface area contributed by atoms with E-state index < -0.39 is 32.6 Å². The minimum Gasteiger partial charge on any atom is -0.394 e. The Kier molecular flexibility index (Phi) is 5.09. The Hall–Kier alpha value is -1.62. The number of imidazole rings is 1. The predicted octanol–water partition coefficient (Wildman–Crippen LogP) is -0.877. The summed E-state index contributed by atoms with van der Waals surface area (Å²) in [5, 5.41) is 9.52. The normalized spacial score (nSPS) is 28.5. The monoisotopic (exact) mass is 359 g/mol. The van der Waals surface area contributed by atoms with Crippen LogP contribution in [-0.4, -0.2) is 67.9 Å². The zero-order valence-electron chi connectivity index (χ0n) is 12.8. The third-order valence-electron chi connectivity index (χ3n) is 3.80. The molecule has 1 aliphatic rings. The van der Waals surface area contributed by atoms with Crippen molar-refractivity contribution in [3.8, 4) is 0 Å². The molecule has 0 aromatic carbocycles. The summed E-state index contributed by atoms with van der Waals surface area (Å²) in [6.07, 6.45) is -0.336. The zero-order chi connectivity index (χ0) is 17.3. The van der Waals surface area contributed by atoms with E-state index in [1.807, 2.05) is 0 Å². The fourth-order valence-electron chi connectivity index (χ4n) is 2.76. The minimum atomic E-state index is -2.82. The number of anilines is 1. The average Bonchev–Trinajstić information content (AvgIpc) is 3.13. The molecule has 11 nitrogen and oxygen atoms in total. The molecule has 3 heterocycles. The van der Waals surface area contributed by atoms with E-state index in [4.69, 9.17) is 24.8 Å². The first-order valence-electron chi connectivity index (χ1n) is 7.12. The highest BCUT2D eigenvalue weighted by molar-refractivity contribution is 7.37. The highest BCUT2D eigenvalue weighted by Crippen LogP contribution is 2.36. The Morgan fingerprint density at radius 2 is 2.21 bits per heavy atom. The molecule has 3 rings (SSSR count). The number of nitrogens with two attached hydrogens (primary N) is 1. The van der Waals surface area contributed by atoms with Crippen LogP contribution in [0.4, 0.5) is 5.82 Å². The number of ether oxygens (including phenoxy) is 3. The number of aromatic nitrogens is 4. The molecule has 12 heteroatoms.